The van der Waals surface area contributed by atoms with Crippen molar-refractivity contribution in [2.75, 3.05) is 0 Å². The van der Waals surface area contributed by atoms with Gasteiger partial charge in [-0.25, -0.2) is 0 Å². The van der Waals surface area contributed by atoms with Crippen molar-refractivity contribution in [1.29, 1.82) is 0 Å². The number of benzene rings is 1. The fraction of sp³-hybridized carbons (Fsp3) is 0.571. The van der Waals surface area contributed by atoms with Crippen LogP contribution in [0, 0.1) is 0 Å². The Kier molecular flexibility index (Phi) is 4.35. The first-order chi connectivity index (χ1) is 9.19. The second kappa shape index (κ2) is 5.56. The molecule has 0 bridgehead atoms. The SMILES string of the molecule is CC1(CCCC(F)(F)F)C[C@H](O)c2cc(Br)ccc2O1. The number of aliphatic hydroxyl groups is 1. The Morgan fingerprint density at radius 2 is 2.15 bits per heavy atom. The summed E-state index contributed by atoms with van der Waals surface area (Å²) in [7, 11) is 0. The second-order valence-electron chi connectivity index (χ2n) is 5.42. The molecule has 1 aliphatic heterocycles. The van der Waals surface area contributed by atoms with E-state index in [1.807, 2.05) is 0 Å². The zero-order valence-electron chi connectivity index (χ0n) is 11.0. The van der Waals surface area contributed by atoms with E-state index in [4.69, 9.17) is 4.74 Å². The van der Waals surface area contributed by atoms with Gasteiger partial charge < -0.3 is 9.84 Å². The molecule has 1 N–H and O–H groups in total. The minimum atomic E-state index is -4.15. The van der Waals surface area contributed by atoms with Gasteiger partial charge in [0.25, 0.3) is 0 Å². The number of alkyl halides is 3. The fourth-order valence-corrected chi connectivity index (χ4v) is 2.89. The minimum Gasteiger partial charge on any atom is -0.487 e. The molecule has 2 atom stereocenters. The van der Waals surface area contributed by atoms with Gasteiger partial charge in [0.2, 0.25) is 0 Å². The first-order valence-corrected chi connectivity index (χ1v) is 7.21. The molecule has 112 valence electrons. The van der Waals surface area contributed by atoms with Crippen LogP contribution in [0.2, 0.25) is 0 Å². The predicted molar refractivity (Wildman–Crippen MR) is 72.7 cm³/mol. The molecule has 1 unspecified atom stereocenters. The molecule has 0 aromatic heterocycles. The highest BCUT2D eigenvalue weighted by atomic mass is 79.9. The van der Waals surface area contributed by atoms with Crippen molar-refractivity contribution < 1.29 is 23.0 Å². The molecule has 1 aliphatic rings. The molecule has 0 saturated carbocycles. The zero-order valence-corrected chi connectivity index (χ0v) is 12.6. The van der Waals surface area contributed by atoms with Crippen molar-refractivity contribution in [1.82, 2.24) is 0 Å². The van der Waals surface area contributed by atoms with Crippen LogP contribution in [0.4, 0.5) is 13.2 Å². The summed E-state index contributed by atoms with van der Waals surface area (Å²) in [5, 5.41) is 10.2. The van der Waals surface area contributed by atoms with Gasteiger partial charge in [0.05, 0.1) is 6.10 Å². The lowest BCUT2D eigenvalue weighted by molar-refractivity contribution is -0.138. The van der Waals surface area contributed by atoms with Crippen LogP contribution in [-0.2, 0) is 0 Å². The van der Waals surface area contributed by atoms with Crippen LogP contribution in [0.1, 0.15) is 44.3 Å². The van der Waals surface area contributed by atoms with Crippen LogP contribution in [0.5, 0.6) is 5.75 Å². The molecule has 0 fully saturated rings. The Balaban J connectivity index is 2.06. The third-order valence-electron chi connectivity index (χ3n) is 3.48. The van der Waals surface area contributed by atoms with E-state index in [0.717, 1.165) is 4.47 Å². The van der Waals surface area contributed by atoms with Crippen molar-refractivity contribution in [2.45, 2.75) is 50.5 Å². The number of hydrogen-bond acceptors (Lipinski definition) is 2. The number of halogens is 4. The lowest BCUT2D eigenvalue weighted by Crippen LogP contribution is -2.38. The maximum absolute atomic E-state index is 12.2. The highest BCUT2D eigenvalue weighted by Gasteiger charge is 2.37. The molecule has 0 spiro atoms. The molecule has 0 aliphatic carbocycles. The van der Waals surface area contributed by atoms with E-state index in [-0.39, 0.29) is 12.8 Å². The number of rotatable bonds is 3. The normalized spacial score (nSPS) is 26.0. The third kappa shape index (κ3) is 3.88. The van der Waals surface area contributed by atoms with Crippen LogP contribution in [0.15, 0.2) is 22.7 Å². The van der Waals surface area contributed by atoms with Crippen molar-refractivity contribution in [3.63, 3.8) is 0 Å². The molecule has 0 saturated heterocycles. The van der Waals surface area contributed by atoms with E-state index < -0.39 is 24.3 Å². The van der Waals surface area contributed by atoms with Crippen LogP contribution in [-0.4, -0.2) is 16.9 Å². The predicted octanol–water partition coefficient (Wildman–Crippen LogP) is 4.76. The maximum atomic E-state index is 12.2. The van der Waals surface area contributed by atoms with Crippen LogP contribution < -0.4 is 4.74 Å². The Bertz CT molecular complexity index is 490. The Hall–Kier alpha value is -0.750. The zero-order chi connectivity index (χ0) is 15.0. The highest BCUT2D eigenvalue weighted by molar-refractivity contribution is 9.10. The Morgan fingerprint density at radius 1 is 1.45 bits per heavy atom. The van der Waals surface area contributed by atoms with Gasteiger partial charge >= 0.3 is 6.18 Å². The third-order valence-corrected chi connectivity index (χ3v) is 3.97. The quantitative estimate of drug-likeness (QED) is 0.849. The number of ether oxygens (including phenoxy) is 1. The molecular weight excluding hydrogens is 337 g/mol. The minimum absolute atomic E-state index is 0.00141. The maximum Gasteiger partial charge on any atom is 0.389 e. The van der Waals surface area contributed by atoms with Gasteiger partial charge in [0, 0.05) is 22.9 Å². The Labute approximate surface area is 124 Å². The molecule has 2 rings (SSSR count). The standard InChI is InChI=1S/C14H16BrF3O2/c1-13(5-2-6-14(16,17)18)8-11(19)10-7-9(15)3-4-12(10)20-13/h3-4,7,11,19H,2,5-6,8H2,1H3/t11-,13?/m0/s1. The lowest BCUT2D eigenvalue weighted by atomic mass is 9.86. The topological polar surface area (TPSA) is 29.5 Å². The average molecular weight is 353 g/mol. The number of fused-ring (bicyclic) bond motifs is 1. The van der Waals surface area contributed by atoms with Crippen molar-refractivity contribution >= 4 is 15.9 Å². The van der Waals surface area contributed by atoms with E-state index in [2.05, 4.69) is 15.9 Å². The summed E-state index contributed by atoms with van der Waals surface area (Å²) < 4.78 is 43.2. The summed E-state index contributed by atoms with van der Waals surface area (Å²) in [6.45, 7) is 1.75. The summed E-state index contributed by atoms with van der Waals surface area (Å²) in [5.74, 6) is 0.543. The molecule has 1 aromatic carbocycles. The monoisotopic (exact) mass is 352 g/mol. The summed E-state index contributed by atoms with van der Waals surface area (Å²) in [4.78, 5) is 0. The second-order valence-corrected chi connectivity index (χ2v) is 6.34. The molecule has 1 aromatic rings. The van der Waals surface area contributed by atoms with Crippen molar-refractivity contribution in [3.8, 4) is 5.75 Å². The highest BCUT2D eigenvalue weighted by Crippen LogP contribution is 2.43. The van der Waals surface area contributed by atoms with E-state index in [9.17, 15) is 18.3 Å². The van der Waals surface area contributed by atoms with Gasteiger partial charge in [-0.1, -0.05) is 15.9 Å². The van der Waals surface area contributed by atoms with Gasteiger partial charge in [-0.05, 0) is 38.0 Å². The number of aliphatic hydroxyl groups excluding tert-OH is 1. The molecule has 0 radical (unpaired) electrons. The fourth-order valence-electron chi connectivity index (χ4n) is 2.51. The van der Waals surface area contributed by atoms with Gasteiger partial charge in [-0.2, -0.15) is 13.2 Å². The molecule has 1 heterocycles. The van der Waals surface area contributed by atoms with Gasteiger partial charge in [-0.15, -0.1) is 0 Å². The van der Waals surface area contributed by atoms with Crippen molar-refractivity contribution in [2.24, 2.45) is 0 Å². The molecule has 6 heteroatoms. The molecule has 2 nitrogen and oxygen atoms in total. The molecule has 0 amide bonds. The molecular formula is C14H16BrF3O2. The lowest BCUT2D eigenvalue weighted by Gasteiger charge is -2.38. The van der Waals surface area contributed by atoms with E-state index in [0.29, 0.717) is 17.7 Å². The average Bonchev–Trinajstić information content (AvgIpc) is 2.28. The Morgan fingerprint density at radius 3 is 2.80 bits per heavy atom. The molecule has 20 heavy (non-hydrogen) atoms. The summed E-state index contributed by atoms with van der Waals surface area (Å²) in [6, 6.07) is 5.28. The van der Waals surface area contributed by atoms with Gasteiger partial charge in [0.1, 0.15) is 11.4 Å². The smallest absolute Gasteiger partial charge is 0.389 e. The first-order valence-electron chi connectivity index (χ1n) is 6.42. The van der Waals surface area contributed by atoms with Gasteiger partial charge in [-0.3, -0.25) is 0 Å². The van der Waals surface area contributed by atoms with E-state index in [1.54, 1.807) is 25.1 Å². The summed E-state index contributed by atoms with van der Waals surface area (Å²) in [6.07, 6.45) is -5.12. The summed E-state index contributed by atoms with van der Waals surface area (Å²) >= 11 is 3.32. The van der Waals surface area contributed by atoms with E-state index >= 15 is 0 Å². The van der Waals surface area contributed by atoms with Crippen LogP contribution in [0.25, 0.3) is 0 Å². The first kappa shape index (κ1) is 15.6. The van der Waals surface area contributed by atoms with E-state index in [1.165, 1.54) is 0 Å². The van der Waals surface area contributed by atoms with Crippen molar-refractivity contribution in [3.05, 3.63) is 28.2 Å². The summed E-state index contributed by atoms with van der Waals surface area (Å²) in [5.41, 5.74) is -0.0847. The number of hydrogen-bond donors (Lipinski definition) is 1. The largest absolute Gasteiger partial charge is 0.487 e. The van der Waals surface area contributed by atoms with Gasteiger partial charge in [0.15, 0.2) is 0 Å². The van der Waals surface area contributed by atoms with Crippen LogP contribution >= 0.6 is 15.9 Å². The van der Waals surface area contributed by atoms with Crippen LogP contribution in [0.3, 0.4) is 0 Å².